The van der Waals surface area contributed by atoms with Crippen LogP contribution in [0.3, 0.4) is 0 Å². The van der Waals surface area contributed by atoms with Gasteiger partial charge in [0, 0.05) is 31.4 Å². The lowest BCUT2D eigenvalue weighted by Crippen LogP contribution is -2.28. The van der Waals surface area contributed by atoms with Crippen LogP contribution in [0.25, 0.3) is 0 Å². The van der Waals surface area contributed by atoms with Crippen LogP contribution in [-0.4, -0.2) is 32.6 Å². The van der Waals surface area contributed by atoms with Crippen molar-refractivity contribution in [2.45, 2.75) is 6.54 Å². The van der Waals surface area contributed by atoms with Gasteiger partial charge in [-0.15, -0.1) is 0 Å². The van der Waals surface area contributed by atoms with Crippen molar-refractivity contribution in [2.24, 2.45) is 0 Å². The average Bonchev–Trinajstić information content (AvgIpc) is 2.60. The topological polar surface area (TPSA) is 58.6 Å². The van der Waals surface area contributed by atoms with E-state index in [1.54, 1.807) is 6.07 Å². The molecule has 0 unspecified atom stereocenters. The SMILES string of the molecule is CN(C)c1ccc(CNC(=O)COC(=O)c2cc(Cl)ccc2Cl)cc1. The number of amides is 1. The highest BCUT2D eigenvalue weighted by Crippen LogP contribution is 2.21. The van der Waals surface area contributed by atoms with Crippen molar-refractivity contribution in [2.75, 3.05) is 25.6 Å². The van der Waals surface area contributed by atoms with E-state index in [1.165, 1.54) is 12.1 Å². The van der Waals surface area contributed by atoms with Crippen molar-refractivity contribution in [3.8, 4) is 0 Å². The molecule has 0 aromatic heterocycles. The monoisotopic (exact) mass is 380 g/mol. The van der Waals surface area contributed by atoms with Crippen molar-refractivity contribution in [3.63, 3.8) is 0 Å². The van der Waals surface area contributed by atoms with E-state index >= 15 is 0 Å². The first-order valence-electron chi connectivity index (χ1n) is 7.52. The number of anilines is 1. The summed E-state index contributed by atoms with van der Waals surface area (Å²) in [6.07, 6.45) is 0. The summed E-state index contributed by atoms with van der Waals surface area (Å²) < 4.78 is 4.96. The molecule has 0 spiro atoms. The van der Waals surface area contributed by atoms with Crippen LogP contribution in [0.4, 0.5) is 5.69 Å². The average molecular weight is 381 g/mol. The maximum Gasteiger partial charge on any atom is 0.340 e. The van der Waals surface area contributed by atoms with Crippen LogP contribution in [0.15, 0.2) is 42.5 Å². The fraction of sp³-hybridized carbons (Fsp3) is 0.222. The van der Waals surface area contributed by atoms with Crippen molar-refractivity contribution in [1.82, 2.24) is 5.32 Å². The molecule has 132 valence electrons. The summed E-state index contributed by atoms with van der Waals surface area (Å²) in [6, 6.07) is 12.2. The van der Waals surface area contributed by atoms with Gasteiger partial charge in [0.2, 0.25) is 0 Å². The van der Waals surface area contributed by atoms with Gasteiger partial charge < -0.3 is 15.0 Å². The number of ether oxygens (including phenoxy) is 1. The summed E-state index contributed by atoms with van der Waals surface area (Å²) in [4.78, 5) is 25.8. The Bertz CT molecular complexity index is 761. The summed E-state index contributed by atoms with van der Waals surface area (Å²) in [5, 5.41) is 3.27. The molecule has 0 saturated heterocycles. The van der Waals surface area contributed by atoms with Gasteiger partial charge in [-0.3, -0.25) is 4.79 Å². The second-order valence-electron chi connectivity index (χ2n) is 5.54. The quantitative estimate of drug-likeness (QED) is 0.778. The fourth-order valence-corrected chi connectivity index (χ4v) is 2.39. The molecule has 0 aliphatic heterocycles. The molecule has 7 heteroatoms. The summed E-state index contributed by atoms with van der Waals surface area (Å²) in [6.45, 7) is -0.0422. The zero-order valence-corrected chi connectivity index (χ0v) is 15.4. The zero-order chi connectivity index (χ0) is 18.4. The van der Waals surface area contributed by atoms with Crippen molar-refractivity contribution < 1.29 is 14.3 Å². The molecule has 0 radical (unpaired) electrons. The lowest BCUT2D eigenvalue weighted by atomic mass is 10.2. The molecule has 2 rings (SSSR count). The molecule has 0 saturated carbocycles. The Morgan fingerprint density at radius 2 is 1.76 bits per heavy atom. The van der Waals surface area contributed by atoms with Crippen molar-refractivity contribution in [1.29, 1.82) is 0 Å². The number of nitrogens with zero attached hydrogens (tertiary/aromatic N) is 1. The lowest BCUT2D eigenvalue weighted by molar-refractivity contribution is -0.124. The van der Waals surface area contributed by atoms with E-state index in [0.29, 0.717) is 11.6 Å². The molecule has 0 atom stereocenters. The van der Waals surface area contributed by atoms with Crippen LogP contribution in [0.2, 0.25) is 10.0 Å². The molecule has 0 heterocycles. The van der Waals surface area contributed by atoms with Gasteiger partial charge in [-0.2, -0.15) is 0 Å². The fourth-order valence-electron chi connectivity index (χ4n) is 2.03. The number of halogens is 2. The Kier molecular flexibility index (Phi) is 6.67. The smallest absolute Gasteiger partial charge is 0.340 e. The molecule has 1 N–H and O–H groups in total. The Labute approximate surface area is 156 Å². The van der Waals surface area contributed by atoms with Crippen LogP contribution < -0.4 is 10.2 Å². The molecule has 1 amide bonds. The van der Waals surface area contributed by atoms with Crippen LogP contribution in [-0.2, 0) is 16.1 Å². The molecule has 2 aromatic rings. The minimum atomic E-state index is -0.696. The second-order valence-corrected chi connectivity index (χ2v) is 6.38. The van der Waals surface area contributed by atoms with E-state index in [4.69, 9.17) is 27.9 Å². The van der Waals surface area contributed by atoms with Crippen molar-refractivity contribution >= 4 is 40.8 Å². The first-order valence-corrected chi connectivity index (χ1v) is 8.27. The number of carbonyl (C=O) groups excluding carboxylic acids is 2. The highest BCUT2D eigenvalue weighted by molar-refractivity contribution is 6.35. The van der Waals surface area contributed by atoms with Gasteiger partial charge in [-0.05, 0) is 35.9 Å². The number of hydrogen-bond donors (Lipinski definition) is 1. The molecular weight excluding hydrogens is 363 g/mol. The Hall–Kier alpha value is -2.24. The summed E-state index contributed by atoms with van der Waals surface area (Å²) >= 11 is 11.7. The predicted molar refractivity (Wildman–Crippen MR) is 99.4 cm³/mol. The molecule has 0 aliphatic rings. The van der Waals surface area contributed by atoms with E-state index in [0.717, 1.165) is 11.3 Å². The molecule has 5 nitrogen and oxygen atoms in total. The highest BCUT2D eigenvalue weighted by atomic mass is 35.5. The summed E-state index contributed by atoms with van der Waals surface area (Å²) in [7, 11) is 3.91. The van der Waals surface area contributed by atoms with Gasteiger partial charge in [0.05, 0.1) is 10.6 Å². The number of hydrogen-bond acceptors (Lipinski definition) is 4. The number of benzene rings is 2. The van der Waals surface area contributed by atoms with Gasteiger partial charge >= 0.3 is 5.97 Å². The normalized spacial score (nSPS) is 10.2. The van der Waals surface area contributed by atoms with E-state index in [1.807, 2.05) is 43.3 Å². The van der Waals surface area contributed by atoms with Gasteiger partial charge in [0.15, 0.2) is 6.61 Å². The largest absolute Gasteiger partial charge is 0.452 e. The Morgan fingerprint density at radius 1 is 1.08 bits per heavy atom. The Morgan fingerprint density at radius 3 is 2.40 bits per heavy atom. The van der Waals surface area contributed by atoms with Crippen LogP contribution in [0.1, 0.15) is 15.9 Å². The number of carbonyl (C=O) groups is 2. The molecule has 0 aliphatic carbocycles. The second kappa shape index (κ2) is 8.74. The minimum absolute atomic E-state index is 0.126. The van der Waals surface area contributed by atoms with Gasteiger partial charge in [-0.1, -0.05) is 35.3 Å². The lowest BCUT2D eigenvalue weighted by Gasteiger charge is -2.13. The third kappa shape index (κ3) is 5.66. The van der Waals surface area contributed by atoms with Gasteiger partial charge in [-0.25, -0.2) is 4.79 Å². The maximum atomic E-state index is 11.9. The van der Waals surface area contributed by atoms with Crippen LogP contribution in [0, 0.1) is 0 Å². The first-order chi connectivity index (χ1) is 11.9. The minimum Gasteiger partial charge on any atom is -0.452 e. The molecular formula is C18H18Cl2N2O3. The maximum absolute atomic E-state index is 11.9. The highest BCUT2D eigenvalue weighted by Gasteiger charge is 2.14. The third-order valence-electron chi connectivity index (χ3n) is 3.43. The number of esters is 1. The predicted octanol–water partition coefficient (Wildman–Crippen LogP) is 3.53. The van der Waals surface area contributed by atoms with Gasteiger partial charge in [0.1, 0.15) is 0 Å². The van der Waals surface area contributed by atoms with Crippen LogP contribution >= 0.6 is 23.2 Å². The number of rotatable bonds is 6. The van der Waals surface area contributed by atoms with E-state index in [2.05, 4.69) is 5.32 Å². The van der Waals surface area contributed by atoms with E-state index in [9.17, 15) is 9.59 Å². The first kappa shape index (κ1) is 19.1. The van der Waals surface area contributed by atoms with Gasteiger partial charge in [0.25, 0.3) is 5.91 Å². The Balaban J connectivity index is 1.82. The number of nitrogens with one attached hydrogen (secondary N) is 1. The molecule has 25 heavy (non-hydrogen) atoms. The third-order valence-corrected chi connectivity index (χ3v) is 3.99. The summed E-state index contributed by atoms with van der Waals surface area (Å²) in [5.74, 6) is -1.10. The summed E-state index contributed by atoms with van der Waals surface area (Å²) in [5.41, 5.74) is 2.15. The van der Waals surface area contributed by atoms with E-state index < -0.39 is 18.5 Å². The zero-order valence-electron chi connectivity index (χ0n) is 13.9. The molecule has 0 fully saturated rings. The standard InChI is InChI=1S/C18H18Cl2N2O3/c1-22(2)14-6-3-12(4-7-14)10-21-17(23)11-25-18(24)15-9-13(19)5-8-16(15)20/h3-9H,10-11H2,1-2H3,(H,21,23). The molecule has 0 bridgehead atoms. The van der Waals surface area contributed by atoms with Crippen LogP contribution in [0.5, 0.6) is 0 Å². The van der Waals surface area contributed by atoms with Crippen molar-refractivity contribution in [3.05, 3.63) is 63.6 Å². The molecule has 2 aromatic carbocycles. The van der Waals surface area contributed by atoms with E-state index in [-0.39, 0.29) is 10.6 Å².